The summed E-state index contributed by atoms with van der Waals surface area (Å²) in [7, 11) is -24.1. The van der Waals surface area contributed by atoms with E-state index in [0.717, 1.165) is 103 Å². The number of nitrogens with one attached hydrogen (secondary N) is 2. The Morgan fingerprint density at radius 3 is 1.20 bits per heavy atom. The Labute approximate surface area is 781 Å². The monoisotopic (exact) mass is 1970 g/mol. The fourth-order valence-corrected chi connectivity index (χ4v) is 20.4. The van der Waals surface area contributed by atoms with Crippen LogP contribution in [0.2, 0.25) is 51.4 Å². The van der Waals surface area contributed by atoms with Crippen molar-refractivity contribution in [2.24, 2.45) is 0 Å². The Balaban J connectivity index is 0.000000205. The maximum absolute atomic E-state index is 12.2. The van der Waals surface area contributed by atoms with Gasteiger partial charge >= 0.3 is 34.4 Å². The van der Waals surface area contributed by atoms with Crippen LogP contribution in [0.5, 0.6) is 0 Å². The second kappa shape index (κ2) is 45.1. The average Bonchev–Trinajstić information content (AvgIpc) is 1.43. The smallest absolute Gasteiger partial charge is 0.565 e. The van der Waals surface area contributed by atoms with Crippen molar-refractivity contribution >= 4 is 116 Å². The maximum atomic E-state index is 12.2. The molecule has 56 heteroatoms. The number of allylic oxidation sites excluding steroid dienone is 1. The van der Waals surface area contributed by atoms with E-state index in [4.69, 9.17) is 29.5 Å². The SMILES string of the molecule is CCS(=O)(=O)N1CC(=CC#N)C1.CCS(=O)(=O)N1CC(CC#N)(n2cc(-c3ncnc4[nH]ccc34)cn2)C1.CCS(=O)(=O)N1CC(CC#N)(n2cc(-c3ncnc4c3ccn4CO)cn2)C1.CCS(=O)(=O)N1CC(CC#N)(n2cc(-c3ncnc4c3ccn4COCC[Si](C)(C)C)cn2)C1.C[Si](C)(C)CCOCn1ccc2c(-c3cn[nH]c3)ncnc21.F[B-](F)(F)F.O=[P+]([O-])OO.[HH].[Li+]. The van der Waals surface area contributed by atoms with Crippen LogP contribution < -0.4 is 23.8 Å². The van der Waals surface area contributed by atoms with E-state index < -0.39 is 88.4 Å². The number of aliphatic hydroxyl groups excluding tert-OH is 1. The molecule has 0 radical (unpaired) electrons. The summed E-state index contributed by atoms with van der Waals surface area (Å²) in [6, 6.07) is 18.4. The summed E-state index contributed by atoms with van der Waals surface area (Å²) in [5, 5.41) is 76.3. The molecule has 16 heterocycles. The van der Waals surface area contributed by atoms with Gasteiger partial charge in [0.25, 0.3) is 0 Å². The zero-order valence-electron chi connectivity index (χ0n) is 74.7. The molecular formula is C77H101BF4LiN28O15PS4Si2. The number of aromatic amines is 2. The minimum absolute atomic E-state index is 0. The molecule has 133 heavy (non-hydrogen) atoms. The van der Waals surface area contributed by atoms with Gasteiger partial charge in [-0.2, -0.15) is 58.7 Å². The molecule has 0 aliphatic carbocycles. The topological polar surface area (TPSA) is 569 Å². The summed E-state index contributed by atoms with van der Waals surface area (Å²) < 4.78 is 174. The van der Waals surface area contributed by atoms with E-state index in [2.05, 4.69) is 133 Å². The Kier molecular flexibility index (Phi) is 36.0. The van der Waals surface area contributed by atoms with Crippen LogP contribution in [0, 0.1) is 45.3 Å². The number of hydrogen-bond acceptors (Lipinski definition) is 31. The first kappa shape index (κ1) is 106. The number of ether oxygens (including phenoxy) is 2. The van der Waals surface area contributed by atoms with Crippen LogP contribution in [-0.2, 0) is 95.6 Å². The Morgan fingerprint density at radius 1 is 0.534 bits per heavy atom. The normalized spacial score (nSPS) is 15.6. The van der Waals surface area contributed by atoms with Crippen LogP contribution >= 0.6 is 8.25 Å². The van der Waals surface area contributed by atoms with Crippen LogP contribution in [0.25, 0.3) is 89.2 Å². The Hall–Kier alpha value is -10.7. The summed E-state index contributed by atoms with van der Waals surface area (Å²) in [5.74, 6) is 0.248. The van der Waals surface area contributed by atoms with Gasteiger partial charge in [-0.15, -0.1) is 0 Å². The molecule has 4 N–H and O–H groups in total. The molecule has 0 spiro atoms. The largest absolute Gasteiger partial charge is 1.00 e. The third kappa shape index (κ3) is 26.5. The number of nitrogens with zero attached hydrogens (tertiary/aromatic N) is 26. The van der Waals surface area contributed by atoms with E-state index in [-0.39, 0.29) is 109 Å². The zero-order chi connectivity index (χ0) is 96.4. The number of hydrogen-bond donors (Lipinski definition) is 4. The van der Waals surface area contributed by atoms with Crippen molar-refractivity contribution in [2.45, 2.75) is 135 Å². The van der Waals surface area contributed by atoms with Crippen molar-refractivity contribution in [2.75, 3.05) is 88.6 Å². The van der Waals surface area contributed by atoms with Crippen molar-refractivity contribution in [1.82, 2.24) is 115 Å². The number of sulfonamides is 4. The fraction of sp³-hybridized carbons (Fsp3) is 0.455. The summed E-state index contributed by atoms with van der Waals surface area (Å²) in [4.78, 5) is 46.7. The number of H-pyrrole nitrogens is 2. The molecule has 1 unspecified atom stereocenters. The third-order valence-corrected chi connectivity index (χ3v) is 32.2. The van der Waals surface area contributed by atoms with Crippen molar-refractivity contribution < 1.29 is 105 Å². The van der Waals surface area contributed by atoms with Crippen LogP contribution in [0.1, 0.15) is 48.4 Å². The van der Waals surface area contributed by atoms with Gasteiger partial charge in [0.1, 0.15) is 84.7 Å². The summed E-state index contributed by atoms with van der Waals surface area (Å²) in [6.07, 6.45) is 29.5. The van der Waals surface area contributed by atoms with Crippen molar-refractivity contribution in [3.8, 4) is 69.3 Å². The minimum atomic E-state index is -6.00. The number of rotatable bonds is 30. The quantitative estimate of drug-likeness (QED) is 0.00788. The summed E-state index contributed by atoms with van der Waals surface area (Å²) in [5.41, 5.74) is 8.22. The van der Waals surface area contributed by atoms with Gasteiger partial charge in [-0.25, -0.2) is 78.8 Å². The molecule has 16 rings (SSSR count). The number of aliphatic hydroxyl groups is 1. The van der Waals surface area contributed by atoms with E-state index in [9.17, 15) is 71.8 Å². The van der Waals surface area contributed by atoms with Gasteiger partial charge in [0.2, 0.25) is 40.1 Å². The maximum Gasteiger partial charge on any atom is 1.00 e. The number of nitriles is 4. The van der Waals surface area contributed by atoms with E-state index in [0.29, 0.717) is 37.9 Å². The fourth-order valence-electron chi connectivity index (χ4n) is 14.1. The molecule has 43 nitrogen and oxygen atoms in total. The van der Waals surface area contributed by atoms with Crippen molar-refractivity contribution in [1.29, 1.82) is 21.0 Å². The second-order valence-electron chi connectivity index (χ2n) is 33.1. The standard InChI is InChI=1S/C22H31N7O3SSi.C17H19N7O3S.C16H17N7O2S.C15H21N5OSi.C7H10N2O2S.BF4.Li.HO4P.H2/c1-5-33(30,31)28-14-22(15-28,7-8-23)29-13-18(12-26-29)20-19-6-9-27(21(19)25-16-24-20)17-32-10-11-34(2,3)4;1-2-28(26,27)23-9-17(10-23,4-5-18)24-8-13(7-21-24)15-14-3-6-22(12-25)16(14)20-11-19-15;1-2-26(24,25)22-9-16(10-22,4-5-17)23-8-12(7-21-23)14-13-3-6-18-15(13)20-11-19-14;1-22(2,3)7-6-21-11-20-5-4-13-14(12-8-18-19-9-12)16-10-17-15(13)20;1-2-12(10,11)9-5-7(6-9)3-4-8;2-1(3,4)5;;1-4-5(2)3;/h6,9,12-13,16H,5,7,10-11,14-15,17H2,1-4H3;3,6-8,11,25H,2,4,9-10,12H2,1H3;3,6-8,11H,2,4,9-10H2,1H3,(H,18,19,20);4-5,8-10H,6-7,11H2,1-3H3,(H,18,19);3H,2,5-6H2,1H3;;;1H;1H/q;;;;;-1;+1;;. The molecule has 0 aromatic carbocycles. The predicted molar refractivity (Wildman–Crippen MR) is 484 cm³/mol. The van der Waals surface area contributed by atoms with Gasteiger partial charge in [0, 0.05) is 187 Å². The van der Waals surface area contributed by atoms with Gasteiger partial charge in [-0.05, 0) is 74.2 Å². The van der Waals surface area contributed by atoms with Gasteiger partial charge < -0.3 is 55.4 Å². The molecule has 0 bridgehead atoms. The van der Waals surface area contributed by atoms with E-state index in [1.54, 1.807) is 96.0 Å². The van der Waals surface area contributed by atoms with Crippen molar-refractivity contribution in [3.05, 3.63) is 136 Å². The first-order valence-electron chi connectivity index (χ1n) is 41.0. The first-order valence-corrected chi connectivity index (χ1v) is 55.9. The summed E-state index contributed by atoms with van der Waals surface area (Å²) in [6.45, 7) is 25.0. The Morgan fingerprint density at radius 2 is 0.872 bits per heavy atom. The van der Waals surface area contributed by atoms with Gasteiger partial charge in [-0.1, -0.05) is 39.3 Å². The number of halogens is 4. The molecular weight excluding hydrogens is 1870 g/mol. The second-order valence-corrected chi connectivity index (χ2v) is 54.0. The molecule has 0 amide bonds. The van der Waals surface area contributed by atoms with Crippen LogP contribution in [0.4, 0.5) is 17.3 Å². The Bertz CT molecular complexity index is 6700. The van der Waals surface area contributed by atoms with E-state index >= 15 is 0 Å². The van der Waals surface area contributed by atoms with E-state index in [1.807, 2.05) is 70.5 Å². The molecule has 4 aliphatic rings. The van der Waals surface area contributed by atoms with Crippen LogP contribution in [0.3, 0.4) is 0 Å². The van der Waals surface area contributed by atoms with Gasteiger partial charge in [-0.3, -0.25) is 19.1 Å². The molecule has 4 saturated heterocycles. The minimum Gasteiger partial charge on any atom is -0.565 e. The van der Waals surface area contributed by atoms with Gasteiger partial charge in [0.05, 0.1) is 114 Å². The molecule has 4 aliphatic heterocycles. The zero-order valence-corrected chi connectivity index (χ0v) is 80.8. The molecule has 1 atom stereocenters. The van der Waals surface area contributed by atoms with E-state index in [1.165, 1.54) is 48.3 Å². The number of fused-ring (bicyclic) bond motifs is 4. The number of aromatic nitrogens is 20. The molecule has 4 fully saturated rings. The van der Waals surface area contributed by atoms with Crippen LogP contribution in [0.15, 0.2) is 136 Å². The van der Waals surface area contributed by atoms with Crippen molar-refractivity contribution in [3.63, 3.8) is 0 Å². The molecule has 12 aromatic heterocycles. The average molecular weight is 1970 g/mol. The molecule has 708 valence electrons. The van der Waals surface area contributed by atoms with Gasteiger partial charge in [0.15, 0.2) is 0 Å². The molecule has 12 aromatic rings. The molecule has 0 saturated carbocycles. The predicted octanol–water partition coefficient (Wildman–Crippen LogP) is 5.78. The first-order chi connectivity index (χ1) is 62.4. The van der Waals surface area contributed by atoms with Crippen LogP contribution in [-0.4, -0.2) is 271 Å². The summed E-state index contributed by atoms with van der Waals surface area (Å²) >= 11 is 0. The third-order valence-electron chi connectivity index (χ3n) is 21.6.